The van der Waals surface area contributed by atoms with Crippen LogP contribution in [-0.2, 0) is 6.42 Å². The molecule has 2 aromatic carbocycles. The lowest BCUT2D eigenvalue weighted by molar-refractivity contribution is 0.309. The summed E-state index contributed by atoms with van der Waals surface area (Å²) >= 11 is 0. The summed E-state index contributed by atoms with van der Waals surface area (Å²) in [5, 5.41) is 0. The first kappa shape index (κ1) is 16.2. The number of hydrogen-bond donors (Lipinski definition) is 0. The van der Waals surface area contributed by atoms with Crippen molar-refractivity contribution in [3.63, 3.8) is 0 Å². The predicted molar refractivity (Wildman–Crippen MR) is 93.3 cm³/mol. The highest BCUT2D eigenvalue weighted by Gasteiger charge is 1.94. The molecule has 0 spiro atoms. The van der Waals surface area contributed by atoms with Gasteiger partial charge in [0.25, 0.3) is 0 Å². The van der Waals surface area contributed by atoms with E-state index in [0.29, 0.717) is 0 Å². The molecular weight excluding hydrogens is 268 g/mol. The van der Waals surface area contributed by atoms with Crippen molar-refractivity contribution in [3.05, 3.63) is 65.2 Å². The van der Waals surface area contributed by atoms with Gasteiger partial charge in [-0.2, -0.15) is 0 Å². The quantitative estimate of drug-likeness (QED) is 0.524. The lowest BCUT2D eigenvalue weighted by Gasteiger charge is -2.04. The van der Waals surface area contributed by atoms with Crippen molar-refractivity contribution in [2.45, 2.75) is 39.5 Å². The van der Waals surface area contributed by atoms with Crippen LogP contribution >= 0.6 is 0 Å². The minimum atomic E-state index is 0.783. The number of unbranched alkanes of at least 4 members (excludes halogenated alkanes) is 1. The molecule has 1 heteroatoms. The van der Waals surface area contributed by atoms with Gasteiger partial charge in [-0.15, -0.1) is 0 Å². The Labute approximate surface area is 134 Å². The number of benzene rings is 2. The van der Waals surface area contributed by atoms with E-state index in [1.54, 1.807) is 0 Å². The average molecular weight is 292 g/mol. The van der Waals surface area contributed by atoms with Crippen molar-refractivity contribution in [3.8, 4) is 17.6 Å². The molecule has 0 aromatic heterocycles. The van der Waals surface area contributed by atoms with E-state index in [4.69, 9.17) is 4.74 Å². The van der Waals surface area contributed by atoms with E-state index >= 15 is 0 Å². The molecule has 0 aliphatic rings. The van der Waals surface area contributed by atoms with Crippen LogP contribution in [0.15, 0.2) is 48.5 Å². The van der Waals surface area contributed by atoms with Gasteiger partial charge in [-0.1, -0.05) is 50.7 Å². The predicted octanol–water partition coefficient (Wildman–Crippen LogP) is 5.22. The minimum absolute atomic E-state index is 0.783. The largest absolute Gasteiger partial charge is 0.494 e. The zero-order chi connectivity index (χ0) is 15.6. The SMILES string of the molecule is CCCCOc1ccc(C#Cc2ccc(CCC)cc2)cc1. The maximum absolute atomic E-state index is 5.65. The molecule has 22 heavy (non-hydrogen) atoms. The second-order valence-electron chi connectivity index (χ2n) is 5.42. The lowest BCUT2D eigenvalue weighted by atomic mass is 10.1. The zero-order valence-corrected chi connectivity index (χ0v) is 13.6. The maximum Gasteiger partial charge on any atom is 0.119 e. The van der Waals surface area contributed by atoms with Crippen LogP contribution in [0.5, 0.6) is 5.75 Å². The molecule has 114 valence electrons. The summed E-state index contributed by atoms with van der Waals surface area (Å²) in [6.45, 7) is 5.14. The van der Waals surface area contributed by atoms with E-state index < -0.39 is 0 Å². The zero-order valence-electron chi connectivity index (χ0n) is 13.6. The molecule has 0 radical (unpaired) electrons. The molecule has 0 saturated carbocycles. The van der Waals surface area contributed by atoms with Crippen LogP contribution in [0.4, 0.5) is 0 Å². The number of hydrogen-bond acceptors (Lipinski definition) is 1. The summed E-state index contributed by atoms with van der Waals surface area (Å²) in [5.41, 5.74) is 3.45. The third kappa shape index (κ3) is 5.30. The van der Waals surface area contributed by atoms with E-state index in [1.807, 2.05) is 24.3 Å². The highest BCUT2D eigenvalue weighted by atomic mass is 16.5. The van der Waals surface area contributed by atoms with Gasteiger partial charge in [0.05, 0.1) is 6.61 Å². The molecule has 0 aliphatic carbocycles. The fourth-order valence-corrected chi connectivity index (χ4v) is 2.16. The molecule has 0 amide bonds. The number of ether oxygens (including phenoxy) is 1. The molecule has 2 rings (SSSR count). The normalized spacial score (nSPS) is 9.91. The molecule has 0 bridgehead atoms. The van der Waals surface area contributed by atoms with Crippen LogP contribution < -0.4 is 4.74 Å². The molecule has 0 aliphatic heterocycles. The Morgan fingerprint density at radius 1 is 0.773 bits per heavy atom. The van der Waals surface area contributed by atoms with E-state index in [0.717, 1.165) is 42.7 Å². The molecule has 0 heterocycles. The Bertz CT molecular complexity index is 612. The standard InChI is InChI=1S/C21H24O/c1-3-5-17-22-21-15-13-20(14-16-21)12-11-19-9-7-18(6-4-2)8-10-19/h7-10,13-16H,3-6,17H2,1-2H3. The molecule has 0 saturated heterocycles. The van der Waals surface area contributed by atoms with E-state index in [1.165, 1.54) is 12.0 Å². The average Bonchev–Trinajstić information content (AvgIpc) is 2.56. The van der Waals surface area contributed by atoms with Gasteiger partial charge in [0.2, 0.25) is 0 Å². The first-order chi connectivity index (χ1) is 10.8. The number of rotatable bonds is 6. The van der Waals surface area contributed by atoms with Crippen LogP contribution in [0.1, 0.15) is 49.8 Å². The summed E-state index contributed by atoms with van der Waals surface area (Å²) in [7, 11) is 0. The van der Waals surface area contributed by atoms with Crippen molar-refractivity contribution < 1.29 is 4.74 Å². The fraction of sp³-hybridized carbons (Fsp3) is 0.333. The lowest BCUT2D eigenvalue weighted by Crippen LogP contribution is -1.95. The Hall–Kier alpha value is -2.20. The van der Waals surface area contributed by atoms with Gasteiger partial charge in [-0.05, 0) is 54.8 Å². The monoisotopic (exact) mass is 292 g/mol. The second-order valence-corrected chi connectivity index (χ2v) is 5.42. The van der Waals surface area contributed by atoms with Crippen molar-refractivity contribution in [1.82, 2.24) is 0 Å². The Balaban J connectivity index is 1.96. The summed E-state index contributed by atoms with van der Waals surface area (Å²) in [5.74, 6) is 7.33. The molecule has 0 atom stereocenters. The Morgan fingerprint density at radius 2 is 1.36 bits per heavy atom. The smallest absolute Gasteiger partial charge is 0.119 e. The van der Waals surface area contributed by atoms with Crippen molar-refractivity contribution in [2.75, 3.05) is 6.61 Å². The number of aryl methyl sites for hydroxylation is 1. The molecule has 0 unspecified atom stereocenters. The summed E-state index contributed by atoms with van der Waals surface area (Å²) in [6, 6.07) is 16.5. The molecular formula is C21H24O. The second kappa shape index (κ2) is 8.95. The van der Waals surface area contributed by atoms with Gasteiger partial charge in [-0.25, -0.2) is 0 Å². The summed E-state index contributed by atoms with van der Waals surface area (Å²) in [4.78, 5) is 0. The van der Waals surface area contributed by atoms with Crippen LogP contribution in [-0.4, -0.2) is 6.61 Å². The van der Waals surface area contributed by atoms with Gasteiger partial charge < -0.3 is 4.74 Å². The van der Waals surface area contributed by atoms with Crippen molar-refractivity contribution in [1.29, 1.82) is 0 Å². The first-order valence-corrected chi connectivity index (χ1v) is 8.15. The highest BCUT2D eigenvalue weighted by molar-refractivity contribution is 5.44. The molecule has 1 nitrogen and oxygen atoms in total. The molecule has 0 N–H and O–H groups in total. The van der Waals surface area contributed by atoms with E-state index in [-0.39, 0.29) is 0 Å². The Morgan fingerprint density at radius 3 is 1.91 bits per heavy atom. The third-order valence-electron chi connectivity index (χ3n) is 3.46. The first-order valence-electron chi connectivity index (χ1n) is 8.15. The molecule has 0 fully saturated rings. The van der Waals surface area contributed by atoms with Crippen molar-refractivity contribution in [2.24, 2.45) is 0 Å². The summed E-state index contributed by atoms with van der Waals surface area (Å²) < 4.78 is 5.65. The van der Waals surface area contributed by atoms with E-state index in [2.05, 4.69) is 50.0 Å². The van der Waals surface area contributed by atoms with Crippen LogP contribution in [0, 0.1) is 11.8 Å². The van der Waals surface area contributed by atoms with Gasteiger partial charge in [0, 0.05) is 11.1 Å². The van der Waals surface area contributed by atoms with Gasteiger partial charge in [0.15, 0.2) is 0 Å². The van der Waals surface area contributed by atoms with Gasteiger partial charge in [-0.3, -0.25) is 0 Å². The van der Waals surface area contributed by atoms with Gasteiger partial charge in [0.1, 0.15) is 5.75 Å². The van der Waals surface area contributed by atoms with Crippen LogP contribution in [0.25, 0.3) is 0 Å². The summed E-state index contributed by atoms with van der Waals surface area (Å²) in [6.07, 6.45) is 4.56. The van der Waals surface area contributed by atoms with Crippen molar-refractivity contribution >= 4 is 0 Å². The Kier molecular flexibility index (Phi) is 6.58. The maximum atomic E-state index is 5.65. The molecule has 2 aromatic rings. The highest BCUT2D eigenvalue weighted by Crippen LogP contribution is 2.12. The van der Waals surface area contributed by atoms with Crippen LogP contribution in [0.2, 0.25) is 0 Å². The fourth-order valence-electron chi connectivity index (χ4n) is 2.16. The minimum Gasteiger partial charge on any atom is -0.494 e. The topological polar surface area (TPSA) is 9.23 Å². The van der Waals surface area contributed by atoms with E-state index in [9.17, 15) is 0 Å². The van der Waals surface area contributed by atoms with Gasteiger partial charge >= 0.3 is 0 Å². The van der Waals surface area contributed by atoms with Crippen LogP contribution in [0.3, 0.4) is 0 Å². The third-order valence-corrected chi connectivity index (χ3v) is 3.46.